The first-order chi connectivity index (χ1) is 13.9. The Morgan fingerprint density at radius 1 is 1.10 bits per heavy atom. The van der Waals surface area contributed by atoms with Gasteiger partial charge in [-0.25, -0.2) is 0 Å². The predicted molar refractivity (Wildman–Crippen MR) is 115 cm³/mol. The normalized spacial score (nSPS) is 14.7. The molecule has 2 unspecified atom stereocenters. The van der Waals surface area contributed by atoms with E-state index >= 15 is 0 Å². The lowest BCUT2D eigenvalue weighted by Gasteiger charge is -2.22. The number of esters is 1. The second kappa shape index (κ2) is 11.6. The highest BCUT2D eigenvalue weighted by Gasteiger charge is 2.30. The van der Waals surface area contributed by atoms with Crippen molar-refractivity contribution < 1.29 is 23.7 Å². The molecule has 0 bridgehead atoms. The third-order valence-electron chi connectivity index (χ3n) is 4.41. The van der Waals surface area contributed by atoms with Crippen LogP contribution < -0.4 is 4.52 Å². The summed E-state index contributed by atoms with van der Waals surface area (Å²) < 4.78 is 24.8. The number of carbonyl (C=O) groups excluding carboxylic acids is 1. The van der Waals surface area contributed by atoms with Gasteiger partial charge in [-0.15, -0.1) is 0 Å². The largest absolute Gasteiger partial charge is 0.461 e. The molecule has 0 aliphatic rings. The van der Waals surface area contributed by atoms with Crippen molar-refractivity contribution >= 4 is 13.3 Å². The van der Waals surface area contributed by atoms with Gasteiger partial charge in [0.25, 0.3) is 0 Å². The Balaban J connectivity index is 2.02. The molecule has 2 rings (SSSR count). The summed E-state index contributed by atoms with van der Waals surface area (Å²) in [6, 6.07) is 18.4. The molecule has 156 valence electrons. The monoisotopic (exact) mass is 416 g/mol. The Kier molecular flexibility index (Phi) is 9.17. The van der Waals surface area contributed by atoms with Gasteiger partial charge in [0.1, 0.15) is 12.4 Å². The maximum atomic E-state index is 13.5. The average Bonchev–Trinajstić information content (AvgIpc) is 2.73. The summed E-state index contributed by atoms with van der Waals surface area (Å²) in [5.41, 5.74) is 1.72. The number of carbonyl (C=O) groups is 1. The van der Waals surface area contributed by atoms with Gasteiger partial charge in [-0.2, -0.15) is 0 Å². The molecular formula is C23H29O5P. The lowest BCUT2D eigenvalue weighted by atomic mass is 10.2. The first-order valence-electron chi connectivity index (χ1n) is 9.71. The second-order valence-electron chi connectivity index (χ2n) is 7.12. The number of ether oxygens (including phenoxy) is 1. The molecule has 2 aromatic carbocycles. The van der Waals surface area contributed by atoms with Crippen LogP contribution in [0.4, 0.5) is 0 Å². The standard InChI is InChI=1S/C23H29O5P/c1-19(16-24)10-9-15-29(26,28-22-13-7-4-8-14-22)18-20(2)23(25)27-17-21-11-5-3-6-12-21/h3-8,10-14,20,24H,9,15-18H2,1-2H3/b19-10+. The Bertz CT molecular complexity index is 833. The third-order valence-corrected chi connectivity index (χ3v) is 6.99. The Morgan fingerprint density at radius 2 is 1.72 bits per heavy atom. The molecule has 0 saturated heterocycles. The summed E-state index contributed by atoms with van der Waals surface area (Å²) in [5.74, 6) is -0.437. The lowest BCUT2D eigenvalue weighted by Crippen LogP contribution is -2.20. The summed E-state index contributed by atoms with van der Waals surface area (Å²) in [6.07, 6.45) is 2.73. The van der Waals surface area contributed by atoms with Gasteiger partial charge in [0.05, 0.1) is 12.5 Å². The van der Waals surface area contributed by atoms with Gasteiger partial charge in [0.15, 0.2) is 0 Å². The van der Waals surface area contributed by atoms with Crippen LogP contribution in [-0.4, -0.2) is 30.0 Å². The zero-order chi connectivity index (χ0) is 21.1. The van der Waals surface area contributed by atoms with Gasteiger partial charge < -0.3 is 14.4 Å². The van der Waals surface area contributed by atoms with Crippen molar-refractivity contribution in [3.63, 3.8) is 0 Å². The quantitative estimate of drug-likeness (QED) is 0.315. The molecule has 0 spiro atoms. The van der Waals surface area contributed by atoms with Crippen LogP contribution in [0.2, 0.25) is 0 Å². The van der Waals surface area contributed by atoms with E-state index in [0.29, 0.717) is 12.2 Å². The molecule has 5 nitrogen and oxygen atoms in total. The topological polar surface area (TPSA) is 72.8 Å². The van der Waals surface area contributed by atoms with E-state index in [1.54, 1.807) is 19.1 Å². The predicted octanol–water partition coefficient (Wildman–Crippen LogP) is 5.05. The highest BCUT2D eigenvalue weighted by atomic mass is 31.2. The molecule has 6 heteroatoms. The SMILES string of the molecule is C/C(=C\CCP(=O)(CC(C)C(=O)OCc1ccccc1)Oc1ccccc1)CO. The molecule has 0 aromatic heterocycles. The van der Waals surface area contributed by atoms with E-state index in [-0.39, 0.29) is 25.5 Å². The average molecular weight is 416 g/mol. The molecule has 0 fully saturated rings. The highest BCUT2D eigenvalue weighted by Crippen LogP contribution is 2.49. The number of para-hydroxylation sites is 1. The minimum absolute atomic E-state index is 0.0357. The molecule has 2 atom stereocenters. The zero-order valence-corrected chi connectivity index (χ0v) is 17.9. The van der Waals surface area contributed by atoms with Crippen molar-refractivity contribution in [2.45, 2.75) is 26.9 Å². The van der Waals surface area contributed by atoms with Crippen molar-refractivity contribution in [3.05, 3.63) is 77.9 Å². The fourth-order valence-electron chi connectivity index (χ4n) is 2.78. The van der Waals surface area contributed by atoms with Crippen molar-refractivity contribution in [2.24, 2.45) is 5.92 Å². The van der Waals surface area contributed by atoms with E-state index in [9.17, 15) is 9.36 Å². The molecule has 0 aliphatic heterocycles. The minimum atomic E-state index is -3.14. The van der Waals surface area contributed by atoms with Crippen molar-refractivity contribution in [1.29, 1.82) is 0 Å². The summed E-state index contributed by atoms with van der Waals surface area (Å²) in [6.45, 7) is 3.67. The van der Waals surface area contributed by atoms with Crippen LogP contribution in [0, 0.1) is 5.92 Å². The fraction of sp³-hybridized carbons (Fsp3) is 0.348. The summed E-state index contributed by atoms with van der Waals surface area (Å²) in [5, 5.41) is 9.14. The molecule has 1 N–H and O–H groups in total. The fourth-order valence-corrected chi connectivity index (χ4v) is 5.14. The molecule has 0 heterocycles. The number of rotatable bonds is 11. The van der Waals surface area contributed by atoms with Gasteiger partial charge in [-0.1, -0.05) is 67.1 Å². The van der Waals surface area contributed by atoms with Crippen LogP contribution in [0.5, 0.6) is 5.75 Å². The number of allylic oxidation sites excluding steroid dienone is 1. The first-order valence-corrected chi connectivity index (χ1v) is 11.7. The van der Waals surface area contributed by atoms with Crippen molar-refractivity contribution in [2.75, 3.05) is 18.9 Å². The molecule has 2 aromatic rings. The van der Waals surface area contributed by atoms with Gasteiger partial charge >= 0.3 is 5.97 Å². The molecule has 29 heavy (non-hydrogen) atoms. The van der Waals surface area contributed by atoms with Crippen LogP contribution in [0.15, 0.2) is 72.3 Å². The van der Waals surface area contributed by atoms with Gasteiger partial charge in [-0.3, -0.25) is 9.36 Å². The number of aliphatic hydroxyl groups is 1. The maximum absolute atomic E-state index is 13.5. The van der Waals surface area contributed by atoms with Crippen molar-refractivity contribution in [3.8, 4) is 5.75 Å². The van der Waals surface area contributed by atoms with E-state index < -0.39 is 19.3 Å². The first kappa shape index (κ1) is 22.9. The maximum Gasteiger partial charge on any atom is 0.309 e. The van der Waals surface area contributed by atoms with E-state index in [1.165, 1.54) is 0 Å². The number of hydrogen-bond donors (Lipinski definition) is 1. The molecule has 0 amide bonds. The van der Waals surface area contributed by atoms with Crippen LogP contribution in [0.25, 0.3) is 0 Å². The van der Waals surface area contributed by atoms with Crippen LogP contribution >= 0.6 is 7.37 Å². The van der Waals surface area contributed by atoms with Gasteiger partial charge in [0.2, 0.25) is 7.37 Å². The van der Waals surface area contributed by atoms with E-state index in [1.807, 2.05) is 61.5 Å². The molecule has 0 saturated carbocycles. The summed E-state index contributed by atoms with van der Waals surface area (Å²) in [4.78, 5) is 12.4. The highest BCUT2D eigenvalue weighted by molar-refractivity contribution is 7.59. The minimum Gasteiger partial charge on any atom is -0.461 e. The van der Waals surface area contributed by atoms with Crippen molar-refractivity contribution in [1.82, 2.24) is 0 Å². The number of benzene rings is 2. The smallest absolute Gasteiger partial charge is 0.309 e. The number of aliphatic hydroxyl groups excluding tert-OH is 1. The molecule has 0 aliphatic carbocycles. The zero-order valence-electron chi connectivity index (χ0n) is 17.0. The Morgan fingerprint density at radius 3 is 2.34 bits per heavy atom. The van der Waals surface area contributed by atoms with E-state index in [4.69, 9.17) is 14.4 Å². The van der Waals surface area contributed by atoms with Crippen LogP contribution in [0.1, 0.15) is 25.8 Å². The molecule has 0 radical (unpaired) electrons. The van der Waals surface area contributed by atoms with E-state index in [2.05, 4.69) is 0 Å². The molecular weight excluding hydrogens is 387 g/mol. The van der Waals surface area contributed by atoms with Gasteiger partial charge in [-0.05, 0) is 31.0 Å². The van der Waals surface area contributed by atoms with E-state index in [0.717, 1.165) is 11.1 Å². The Labute approximate surface area is 172 Å². The summed E-state index contributed by atoms with van der Waals surface area (Å²) >= 11 is 0. The van der Waals surface area contributed by atoms with Gasteiger partial charge in [0, 0.05) is 12.3 Å². The second-order valence-corrected chi connectivity index (χ2v) is 9.74. The lowest BCUT2D eigenvalue weighted by molar-refractivity contribution is -0.148. The third kappa shape index (κ3) is 8.26. The summed E-state index contributed by atoms with van der Waals surface area (Å²) in [7, 11) is -3.14. The van der Waals surface area contributed by atoms with Crippen LogP contribution in [0.3, 0.4) is 0 Å². The van der Waals surface area contributed by atoms with Crippen LogP contribution in [-0.2, 0) is 20.7 Å². The number of hydrogen-bond acceptors (Lipinski definition) is 5. The Hall–Kier alpha value is -2.36.